The molecule has 0 N–H and O–H groups in total. The number of rotatable bonds is 11. The molecule has 1 amide bonds. The van der Waals surface area contributed by atoms with Crippen LogP contribution in [0.5, 0.6) is 11.5 Å². The third-order valence-corrected chi connectivity index (χ3v) is 8.26. The van der Waals surface area contributed by atoms with Gasteiger partial charge in [0.1, 0.15) is 12.2 Å². The van der Waals surface area contributed by atoms with Crippen molar-refractivity contribution in [2.24, 2.45) is 0 Å². The van der Waals surface area contributed by atoms with Gasteiger partial charge in [-0.3, -0.25) is 14.5 Å². The van der Waals surface area contributed by atoms with Crippen LogP contribution in [0.25, 0.3) is 11.0 Å². The highest BCUT2D eigenvalue weighted by Gasteiger charge is 2.44. The Kier molecular flexibility index (Phi) is 9.21. The molecule has 0 fully saturated rings. The van der Waals surface area contributed by atoms with Crippen LogP contribution >= 0.6 is 15.9 Å². The Bertz CT molecular complexity index is 1950. The molecular formula is C37H32BrNO7. The Morgan fingerprint density at radius 2 is 1.67 bits per heavy atom. The highest BCUT2D eigenvalue weighted by Crippen LogP contribution is 2.43. The minimum Gasteiger partial charge on any atom is -0.490 e. The Balaban J connectivity index is 1.44. The van der Waals surface area contributed by atoms with Crippen molar-refractivity contribution in [2.45, 2.75) is 39.3 Å². The van der Waals surface area contributed by atoms with Crippen molar-refractivity contribution < 1.29 is 28.2 Å². The number of hydrogen-bond donors (Lipinski definition) is 0. The molecule has 46 heavy (non-hydrogen) atoms. The highest BCUT2D eigenvalue weighted by atomic mass is 79.9. The number of fused-ring (bicyclic) bond motifs is 2. The fourth-order valence-corrected chi connectivity index (χ4v) is 5.86. The molecule has 1 atom stereocenters. The van der Waals surface area contributed by atoms with Gasteiger partial charge in [-0.25, -0.2) is 4.79 Å². The molecule has 0 bridgehead atoms. The average Bonchev–Trinajstić information content (AvgIpc) is 3.37. The Hall–Kier alpha value is -4.89. The first-order valence-corrected chi connectivity index (χ1v) is 16.0. The summed E-state index contributed by atoms with van der Waals surface area (Å²) in [5, 5.41) is 0.353. The lowest BCUT2D eigenvalue weighted by molar-refractivity contribution is 0.0499. The van der Waals surface area contributed by atoms with Gasteiger partial charge in [0.2, 0.25) is 5.76 Å². The topological polar surface area (TPSA) is 95.3 Å². The summed E-state index contributed by atoms with van der Waals surface area (Å²) in [4.78, 5) is 42.3. The van der Waals surface area contributed by atoms with Gasteiger partial charge >= 0.3 is 5.97 Å². The molecule has 5 aromatic rings. The van der Waals surface area contributed by atoms with E-state index in [-0.39, 0.29) is 16.8 Å². The van der Waals surface area contributed by atoms with Crippen LogP contribution in [0, 0.1) is 0 Å². The average molecular weight is 683 g/mol. The molecule has 1 aliphatic rings. The molecule has 0 spiro atoms. The molecular weight excluding hydrogens is 650 g/mol. The van der Waals surface area contributed by atoms with Gasteiger partial charge in [0.05, 0.1) is 35.8 Å². The van der Waals surface area contributed by atoms with Crippen molar-refractivity contribution in [3.05, 3.63) is 134 Å². The number of hydrogen-bond acceptors (Lipinski definition) is 7. The molecule has 8 nitrogen and oxygen atoms in total. The summed E-state index contributed by atoms with van der Waals surface area (Å²) in [5.41, 5.74) is 2.71. The Morgan fingerprint density at radius 1 is 0.891 bits per heavy atom. The van der Waals surface area contributed by atoms with Crippen LogP contribution in [0.4, 0.5) is 5.69 Å². The van der Waals surface area contributed by atoms with Crippen LogP contribution in [-0.2, 0) is 11.3 Å². The number of nitrogens with zero attached hydrogens (tertiary/aromatic N) is 1. The number of carbonyl (C=O) groups excluding carboxylic acids is 2. The molecule has 0 saturated heterocycles. The standard InChI is InChI=1S/C37H32BrNO7/c1-3-5-19-44-37(42)24-11-15-27(16-12-24)39-33(32-34(40)28-21-26(38)14-18-29(28)46-35(32)36(39)41)25-13-17-30(31(20-25)43-4-2)45-22-23-9-7-6-8-10-23/h6-18,20-21,33H,3-5,19,22H2,1-2H3. The number of anilines is 1. The normalized spacial score (nSPS) is 13.9. The van der Waals surface area contributed by atoms with E-state index in [1.54, 1.807) is 54.6 Å². The van der Waals surface area contributed by atoms with Crippen molar-refractivity contribution >= 4 is 44.5 Å². The number of benzene rings is 4. The largest absolute Gasteiger partial charge is 0.490 e. The van der Waals surface area contributed by atoms with Crippen LogP contribution < -0.4 is 19.8 Å². The highest BCUT2D eigenvalue weighted by molar-refractivity contribution is 9.10. The molecule has 1 aliphatic heterocycles. The molecule has 6 rings (SSSR count). The molecule has 1 aromatic heterocycles. The van der Waals surface area contributed by atoms with Gasteiger partial charge < -0.3 is 18.6 Å². The first kappa shape index (κ1) is 31.1. The number of unbranched alkanes of at least 4 members (excludes halogenated alkanes) is 1. The quantitative estimate of drug-likeness (QED) is 0.102. The monoisotopic (exact) mass is 681 g/mol. The Morgan fingerprint density at radius 3 is 2.41 bits per heavy atom. The number of esters is 1. The number of carbonyl (C=O) groups is 2. The van der Waals surface area contributed by atoms with E-state index in [0.29, 0.717) is 63.6 Å². The van der Waals surface area contributed by atoms with E-state index in [1.807, 2.05) is 50.2 Å². The molecule has 0 aliphatic carbocycles. The van der Waals surface area contributed by atoms with E-state index >= 15 is 0 Å². The summed E-state index contributed by atoms with van der Waals surface area (Å²) >= 11 is 3.45. The number of ether oxygens (including phenoxy) is 3. The van der Waals surface area contributed by atoms with Crippen molar-refractivity contribution in [1.29, 1.82) is 0 Å². The Labute approximate surface area is 274 Å². The summed E-state index contributed by atoms with van der Waals surface area (Å²) in [6.45, 7) is 4.96. The summed E-state index contributed by atoms with van der Waals surface area (Å²) < 4.78 is 24.3. The van der Waals surface area contributed by atoms with Gasteiger partial charge in [0.25, 0.3) is 5.91 Å². The van der Waals surface area contributed by atoms with Gasteiger partial charge in [-0.2, -0.15) is 0 Å². The lowest BCUT2D eigenvalue weighted by Crippen LogP contribution is -2.29. The minimum absolute atomic E-state index is 0.0322. The third-order valence-electron chi connectivity index (χ3n) is 7.76. The van der Waals surface area contributed by atoms with Crippen LogP contribution in [0.3, 0.4) is 0 Å². The van der Waals surface area contributed by atoms with E-state index < -0.39 is 17.9 Å². The molecule has 0 saturated carbocycles. The SMILES string of the molecule is CCCCOC(=O)c1ccc(N2C(=O)c3oc4ccc(Br)cc4c(=O)c3C2c2ccc(OCc3ccccc3)c(OCC)c2)cc1. The van der Waals surface area contributed by atoms with E-state index in [4.69, 9.17) is 18.6 Å². The van der Waals surface area contributed by atoms with Gasteiger partial charge in [-0.05, 0) is 79.1 Å². The van der Waals surface area contributed by atoms with Crippen LogP contribution in [0.1, 0.15) is 70.3 Å². The summed E-state index contributed by atoms with van der Waals surface area (Å²) in [5.74, 6) is 0.0762. The second-order valence-corrected chi connectivity index (χ2v) is 11.8. The molecule has 234 valence electrons. The molecule has 0 radical (unpaired) electrons. The predicted octanol–water partition coefficient (Wildman–Crippen LogP) is 8.24. The molecule has 9 heteroatoms. The lowest BCUT2D eigenvalue weighted by atomic mass is 9.97. The maximum absolute atomic E-state index is 14.1. The zero-order chi connectivity index (χ0) is 32.2. The van der Waals surface area contributed by atoms with Crippen LogP contribution in [-0.4, -0.2) is 25.1 Å². The predicted molar refractivity (Wildman–Crippen MR) is 179 cm³/mol. The smallest absolute Gasteiger partial charge is 0.338 e. The zero-order valence-corrected chi connectivity index (χ0v) is 27.0. The van der Waals surface area contributed by atoms with E-state index in [1.165, 1.54) is 4.90 Å². The van der Waals surface area contributed by atoms with E-state index in [0.717, 1.165) is 18.4 Å². The summed E-state index contributed by atoms with van der Waals surface area (Å²) in [6.07, 6.45) is 1.69. The van der Waals surface area contributed by atoms with E-state index in [2.05, 4.69) is 15.9 Å². The van der Waals surface area contributed by atoms with Crippen molar-refractivity contribution in [3.63, 3.8) is 0 Å². The second kappa shape index (κ2) is 13.6. The number of halogens is 1. The summed E-state index contributed by atoms with van der Waals surface area (Å²) in [6, 6.07) is 26.1. The third kappa shape index (κ3) is 6.15. The van der Waals surface area contributed by atoms with Gasteiger partial charge in [0.15, 0.2) is 16.9 Å². The fourth-order valence-electron chi connectivity index (χ4n) is 5.50. The fraction of sp³-hybridized carbons (Fsp3) is 0.216. The lowest BCUT2D eigenvalue weighted by Gasteiger charge is -2.26. The maximum Gasteiger partial charge on any atom is 0.338 e. The first-order chi connectivity index (χ1) is 22.4. The molecule has 2 heterocycles. The van der Waals surface area contributed by atoms with Gasteiger partial charge in [-0.1, -0.05) is 65.7 Å². The van der Waals surface area contributed by atoms with Crippen molar-refractivity contribution in [1.82, 2.24) is 0 Å². The van der Waals surface area contributed by atoms with Crippen molar-refractivity contribution in [2.75, 3.05) is 18.1 Å². The van der Waals surface area contributed by atoms with Crippen molar-refractivity contribution in [3.8, 4) is 11.5 Å². The van der Waals surface area contributed by atoms with Gasteiger partial charge in [0, 0.05) is 10.2 Å². The minimum atomic E-state index is -0.841. The number of amides is 1. The molecule has 1 unspecified atom stereocenters. The first-order valence-electron chi connectivity index (χ1n) is 15.2. The zero-order valence-electron chi connectivity index (χ0n) is 25.5. The van der Waals surface area contributed by atoms with Crippen LogP contribution in [0.15, 0.2) is 105 Å². The maximum atomic E-state index is 14.1. The second-order valence-electron chi connectivity index (χ2n) is 10.8. The van der Waals surface area contributed by atoms with Crippen LogP contribution in [0.2, 0.25) is 0 Å². The van der Waals surface area contributed by atoms with Gasteiger partial charge in [-0.15, -0.1) is 0 Å². The van der Waals surface area contributed by atoms with E-state index in [9.17, 15) is 14.4 Å². The molecule has 4 aromatic carbocycles. The summed E-state index contributed by atoms with van der Waals surface area (Å²) in [7, 11) is 0.